The Morgan fingerprint density at radius 3 is 2.48 bits per heavy atom. The van der Waals surface area contributed by atoms with Gasteiger partial charge in [-0.25, -0.2) is 13.2 Å². The Morgan fingerprint density at radius 2 is 1.95 bits per heavy atom. The molecule has 3 unspecified atom stereocenters. The van der Waals surface area contributed by atoms with Gasteiger partial charge < -0.3 is 10.0 Å². The highest BCUT2D eigenvalue weighted by molar-refractivity contribution is 7.91. The fourth-order valence-corrected chi connectivity index (χ4v) is 5.20. The van der Waals surface area contributed by atoms with Crippen LogP contribution in [0.3, 0.4) is 0 Å². The molecule has 1 N–H and O–H groups in total. The largest absolute Gasteiger partial charge is 0.480 e. The molecule has 0 aromatic carbocycles. The monoisotopic (exact) mass is 317 g/mol. The van der Waals surface area contributed by atoms with Gasteiger partial charge in [0.05, 0.1) is 11.5 Å². The minimum absolute atomic E-state index is 0.0574. The molecule has 3 atom stereocenters. The van der Waals surface area contributed by atoms with Crippen LogP contribution in [0.25, 0.3) is 0 Å². The van der Waals surface area contributed by atoms with Gasteiger partial charge in [0.1, 0.15) is 6.04 Å². The number of carboxylic acids is 1. The number of amides is 1. The van der Waals surface area contributed by atoms with Crippen molar-refractivity contribution in [2.75, 3.05) is 18.1 Å². The van der Waals surface area contributed by atoms with Crippen LogP contribution < -0.4 is 0 Å². The Balaban J connectivity index is 1.99. The second-order valence-electron chi connectivity index (χ2n) is 6.21. The number of sulfone groups is 1. The van der Waals surface area contributed by atoms with Crippen molar-refractivity contribution in [2.45, 2.75) is 45.1 Å². The summed E-state index contributed by atoms with van der Waals surface area (Å²) in [6, 6.07) is -0.755. The first-order valence-corrected chi connectivity index (χ1v) is 9.37. The summed E-state index contributed by atoms with van der Waals surface area (Å²) in [5.41, 5.74) is 0. The predicted octanol–water partition coefficient (Wildman–Crippen LogP) is 0.913. The molecule has 0 aromatic heterocycles. The average Bonchev–Trinajstić information content (AvgIpc) is 2.77. The molecule has 2 aliphatic heterocycles. The Kier molecular flexibility index (Phi) is 4.91. The normalized spacial score (nSPS) is 32.0. The van der Waals surface area contributed by atoms with Gasteiger partial charge in [-0.2, -0.15) is 0 Å². The molecule has 2 rings (SSSR count). The molecule has 0 spiro atoms. The number of hydrogen-bond acceptors (Lipinski definition) is 4. The van der Waals surface area contributed by atoms with E-state index in [0.29, 0.717) is 25.3 Å². The van der Waals surface area contributed by atoms with Crippen LogP contribution in [0, 0.1) is 11.8 Å². The van der Waals surface area contributed by atoms with Gasteiger partial charge in [0.2, 0.25) is 5.91 Å². The first kappa shape index (κ1) is 16.3. The highest BCUT2D eigenvalue weighted by Gasteiger charge is 2.37. The lowest BCUT2D eigenvalue weighted by Crippen LogP contribution is -2.50. The third-order valence-corrected chi connectivity index (χ3v) is 6.52. The fourth-order valence-electron chi connectivity index (χ4n) is 3.34. The van der Waals surface area contributed by atoms with Crippen LogP contribution in [0.2, 0.25) is 0 Å². The van der Waals surface area contributed by atoms with Gasteiger partial charge in [-0.05, 0) is 31.1 Å². The molecular weight excluding hydrogens is 294 g/mol. The first-order chi connectivity index (χ1) is 9.82. The number of nitrogens with zero attached hydrogens (tertiary/aromatic N) is 1. The Hall–Kier alpha value is -1.11. The third kappa shape index (κ3) is 3.96. The van der Waals surface area contributed by atoms with Crippen molar-refractivity contribution in [3.8, 4) is 0 Å². The van der Waals surface area contributed by atoms with E-state index in [1.807, 2.05) is 6.92 Å². The standard InChI is InChI=1S/C14H23NO5S/c1-2-10-3-5-15(12(7-10)14(17)18)13(16)8-11-4-6-21(19,20)9-11/h10-12H,2-9H2,1H3,(H,17,18). The van der Waals surface area contributed by atoms with Crippen molar-refractivity contribution in [3.63, 3.8) is 0 Å². The summed E-state index contributed by atoms with van der Waals surface area (Å²) < 4.78 is 22.9. The van der Waals surface area contributed by atoms with Crippen molar-refractivity contribution in [1.82, 2.24) is 4.90 Å². The van der Waals surface area contributed by atoms with E-state index in [0.717, 1.165) is 12.8 Å². The van der Waals surface area contributed by atoms with Gasteiger partial charge in [0.25, 0.3) is 0 Å². The smallest absolute Gasteiger partial charge is 0.326 e. The summed E-state index contributed by atoms with van der Waals surface area (Å²) in [5, 5.41) is 9.33. The summed E-state index contributed by atoms with van der Waals surface area (Å²) in [6.45, 7) is 2.50. The van der Waals surface area contributed by atoms with E-state index < -0.39 is 21.8 Å². The van der Waals surface area contributed by atoms with E-state index >= 15 is 0 Å². The molecule has 6 nitrogen and oxygen atoms in total. The quantitative estimate of drug-likeness (QED) is 0.832. The molecule has 0 saturated carbocycles. The van der Waals surface area contributed by atoms with E-state index in [-0.39, 0.29) is 29.8 Å². The molecule has 0 aromatic rings. The van der Waals surface area contributed by atoms with Gasteiger partial charge in [-0.1, -0.05) is 13.3 Å². The topological polar surface area (TPSA) is 91.8 Å². The van der Waals surface area contributed by atoms with Crippen LogP contribution >= 0.6 is 0 Å². The number of piperidine rings is 1. The predicted molar refractivity (Wildman–Crippen MR) is 77.5 cm³/mol. The Labute approximate surface area is 125 Å². The summed E-state index contributed by atoms with van der Waals surface area (Å²) in [7, 11) is -3.00. The van der Waals surface area contributed by atoms with Crippen LogP contribution in [-0.4, -0.2) is 54.4 Å². The first-order valence-electron chi connectivity index (χ1n) is 7.55. The average molecular weight is 317 g/mol. The molecule has 120 valence electrons. The second-order valence-corrected chi connectivity index (χ2v) is 8.44. The minimum Gasteiger partial charge on any atom is -0.480 e. The van der Waals surface area contributed by atoms with Crippen molar-refractivity contribution < 1.29 is 23.1 Å². The highest BCUT2D eigenvalue weighted by Crippen LogP contribution is 2.28. The molecule has 0 aliphatic carbocycles. The van der Waals surface area contributed by atoms with Crippen LogP contribution in [0.4, 0.5) is 0 Å². The molecule has 21 heavy (non-hydrogen) atoms. The van der Waals surface area contributed by atoms with E-state index in [4.69, 9.17) is 0 Å². The maximum atomic E-state index is 12.3. The highest BCUT2D eigenvalue weighted by atomic mass is 32.2. The zero-order chi connectivity index (χ0) is 15.6. The van der Waals surface area contributed by atoms with Gasteiger partial charge in [-0.15, -0.1) is 0 Å². The van der Waals surface area contributed by atoms with E-state index in [1.165, 1.54) is 4.90 Å². The summed E-state index contributed by atoms with van der Waals surface area (Å²) in [4.78, 5) is 25.2. The second kappa shape index (κ2) is 6.34. The van der Waals surface area contributed by atoms with E-state index in [2.05, 4.69) is 0 Å². The van der Waals surface area contributed by atoms with Gasteiger partial charge >= 0.3 is 5.97 Å². The number of hydrogen-bond donors (Lipinski definition) is 1. The Morgan fingerprint density at radius 1 is 1.24 bits per heavy atom. The van der Waals surface area contributed by atoms with E-state index in [1.54, 1.807) is 0 Å². The number of rotatable bonds is 4. The summed E-state index contributed by atoms with van der Waals surface area (Å²) in [6.07, 6.45) is 2.92. The van der Waals surface area contributed by atoms with Crippen LogP contribution in [0.5, 0.6) is 0 Å². The molecule has 0 radical (unpaired) electrons. The molecule has 2 fully saturated rings. The van der Waals surface area contributed by atoms with Crippen molar-refractivity contribution in [3.05, 3.63) is 0 Å². The van der Waals surface area contributed by atoms with Crippen LogP contribution in [-0.2, 0) is 19.4 Å². The van der Waals surface area contributed by atoms with Crippen LogP contribution in [0.1, 0.15) is 39.0 Å². The molecule has 2 saturated heterocycles. The molecule has 7 heteroatoms. The minimum atomic E-state index is -3.00. The number of carboxylic acid groups (broad SMARTS) is 1. The van der Waals surface area contributed by atoms with E-state index in [9.17, 15) is 23.1 Å². The molecular formula is C14H23NO5S. The van der Waals surface area contributed by atoms with Crippen LogP contribution in [0.15, 0.2) is 0 Å². The lowest BCUT2D eigenvalue weighted by molar-refractivity contribution is -0.153. The van der Waals surface area contributed by atoms with Gasteiger partial charge in [0, 0.05) is 13.0 Å². The van der Waals surface area contributed by atoms with Gasteiger partial charge in [-0.3, -0.25) is 4.79 Å². The number of carbonyl (C=O) groups is 2. The zero-order valence-electron chi connectivity index (χ0n) is 12.3. The fraction of sp³-hybridized carbons (Fsp3) is 0.857. The maximum absolute atomic E-state index is 12.3. The molecule has 2 heterocycles. The maximum Gasteiger partial charge on any atom is 0.326 e. The number of carbonyl (C=O) groups excluding carboxylic acids is 1. The zero-order valence-corrected chi connectivity index (χ0v) is 13.1. The van der Waals surface area contributed by atoms with Crippen molar-refractivity contribution in [2.24, 2.45) is 11.8 Å². The number of aliphatic carboxylic acids is 1. The number of likely N-dealkylation sites (tertiary alicyclic amines) is 1. The van der Waals surface area contributed by atoms with Crippen molar-refractivity contribution >= 4 is 21.7 Å². The SMILES string of the molecule is CCC1CCN(C(=O)CC2CCS(=O)(=O)C2)C(C(=O)O)C1. The lowest BCUT2D eigenvalue weighted by Gasteiger charge is -2.37. The molecule has 1 amide bonds. The third-order valence-electron chi connectivity index (χ3n) is 4.68. The summed E-state index contributed by atoms with van der Waals surface area (Å²) >= 11 is 0. The lowest BCUT2D eigenvalue weighted by atomic mass is 9.88. The molecule has 0 bridgehead atoms. The van der Waals surface area contributed by atoms with Crippen molar-refractivity contribution in [1.29, 1.82) is 0 Å². The summed E-state index contributed by atoms with van der Waals surface area (Å²) in [5.74, 6) is -0.768. The molecule has 2 aliphatic rings. The van der Waals surface area contributed by atoms with Gasteiger partial charge in [0.15, 0.2) is 9.84 Å². The Bertz CT molecular complexity index is 515.